The molecule has 0 radical (unpaired) electrons. The lowest BCUT2D eigenvalue weighted by molar-refractivity contribution is -0.122. The van der Waals surface area contributed by atoms with Crippen molar-refractivity contribution in [1.29, 1.82) is 0 Å². The van der Waals surface area contributed by atoms with E-state index in [0.29, 0.717) is 11.4 Å². The Kier molecular flexibility index (Phi) is 5.69. The third kappa shape index (κ3) is 3.66. The number of benzene rings is 2. The van der Waals surface area contributed by atoms with Crippen LogP contribution in [0.1, 0.15) is 19.4 Å². The fraction of sp³-hybridized carbons (Fsp3) is 0.238. The summed E-state index contributed by atoms with van der Waals surface area (Å²) in [7, 11) is -2.01. The van der Waals surface area contributed by atoms with Gasteiger partial charge in [0, 0.05) is 18.5 Å². The van der Waals surface area contributed by atoms with Crippen molar-refractivity contribution in [3.63, 3.8) is 0 Å². The molecule has 9 heteroatoms. The third-order valence-corrected chi connectivity index (χ3v) is 8.77. The molecule has 4 rings (SSSR count). The fourth-order valence-electron chi connectivity index (χ4n) is 3.24. The van der Waals surface area contributed by atoms with Gasteiger partial charge in [0.05, 0.1) is 15.6 Å². The maximum absolute atomic E-state index is 13.1. The predicted octanol–water partition coefficient (Wildman–Crippen LogP) is 4.30. The Hall–Kier alpha value is -2.23. The van der Waals surface area contributed by atoms with Crippen LogP contribution in [0.3, 0.4) is 0 Å². The first-order chi connectivity index (χ1) is 14.4. The Morgan fingerprint density at radius 3 is 2.33 bits per heavy atom. The summed E-state index contributed by atoms with van der Waals surface area (Å²) in [6.45, 7) is 4.16. The molecule has 2 aromatic rings. The van der Waals surface area contributed by atoms with E-state index in [4.69, 9.17) is 0 Å². The minimum Gasteiger partial charge on any atom is -0.337 e. The maximum atomic E-state index is 13.1. The van der Waals surface area contributed by atoms with Gasteiger partial charge in [-0.25, -0.2) is 0 Å². The maximum Gasteiger partial charge on any atom is 0.284 e. The van der Waals surface area contributed by atoms with Crippen LogP contribution in [-0.4, -0.2) is 38.0 Å². The summed E-state index contributed by atoms with van der Waals surface area (Å²) in [5, 5.41) is 0.981. The summed E-state index contributed by atoms with van der Waals surface area (Å²) in [6, 6.07) is 14.6. The minimum absolute atomic E-state index is 0.122. The second-order valence-corrected chi connectivity index (χ2v) is 10.4. The van der Waals surface area contributed by atoms with Gasteiger partial charge in [-0.15, -0.1) is 4.40 Å². The van der Waals surface area contributed by atoms with Crippen molar-refractivity contribution < 1.29 is 13.2 Å². The zero-order valence-corrected chi connectivity index (χ0v) is 19.3. The van der Waals surface area contributed by atoms with Crippen LogP contribution in [0.25, 0.3) is 0 Å². The molecule has 1 amide bonds. The number of likely N-dealkylation sites (N-methyl/N-ethyl adjacent to an activating group) is 1. The summed E-state index contributed by atoms with van der Waals surface area (Å²) in [5.41, 5.74) is 2.07. The number of anilines is 1. The molecule has 0 atom stereocenters. The van der Waals surface area contributed by atoms with E-state index in [1.807, 2.05) is 50.1 Å². The highest BCUT2D eigenvalue weighted by Crippen LogP contribution is 2.49. The first kappa shape index (κ1) is 21.0. The zero-order chi connectivity index (χ0) is 21.5. The Bertz CT molecular complexity index is 1170. The molecule has 2 aliphatic heterocycles. The molecular weight excluding hydrogens is 438 g/mol. The lowest BCUT2D eigenvalue weighted by atomic mass is 10.2. The van der Waals surface area contributed by atoms with Gasteiger partial charge in [0.25, 0.3) is 15.9 Å². The van der Waals surface area contributed by atoms with Crippen LogP contribution in [0.5, 0.6) is 0 Å². The SMILES string of the molecule is CCc1ccc(S(=O)(=O)N=C2S/C(=C3/Sc4ccccc4N3C)C(=O)N2CC)cc1. The first-order valence-corrected chi connectivity index (χ1v) is 12.6. The molecule has 0 N–H and O–H groups in total. The van der Waals surface area contributed by atoms with Crippen molar-refractivity contribution >= 4 is 50.3 Å². The van der Waals surface area contributed by atoms with Gasteiger partial charge < -0.3 is 4.90 Å². The lowest BCUT2D eigenvalue weighted by Gasteiger charge is -2.15. The number of hydrogen-bond acceptors (Lipinski definition) is 6. The highest BCUT2D eigenvalue weighted by Gasteiger charge is 2.39. The first-order valence-electron chi connectivity index (χ1n) is 9.54. The van der Waals surface area contributed by atoms with Gasteiger partial charge in [0.15, 0.2) is 5.17 Å². The summed E-state index contributed by atoms with van der Waals surface area (Å²) in [5.74, 6) is -0.222. The number of nitrogens with zero attached hydrogens (tertiary/aromatic N) is 3. The molecule has 6 nitrogen and oxygen atoms in total. The number of fused-ring (bicyclic) bond motifs is 1. The van der Waals surface area contributed by atoms with E-state index in [1.165, 1.54) is 16.7 Å². The number of sulfonamides is 1. The van der Waals surface area contributed by atoms with E-state index in [1.54, 1.807) is 24.3 Å². The molecule has 1 fully saturated rings. The summed E-state index contributed by atoms with van der Waals surface area (Å²) < 4.78 is 29.7. The van der Waals surface area contributed by atoms with E-state index in [-0.39, 0.29) is 16.0 Å². The number of amides is 1. The molecule has 0 saturated carbocycles. The number of rotatable bonds is 4. The van der Waals surface area contributed by atoms with Crippen LogP contribution in [0.2, 0.25) is 0 Å². The Balaban J connectivity index is 1.71. The van der Waals surface area contributed by atoms with Crippen molar-refractivity contribution in [1.82, 2.24) is 4.90 Å². The molecule has 2 aromatic carbocycles. The average molecular weight is 460 g/mol. The third-order valence-electron chi connectivity index (χ3n) is 4.94. The van der Waals surface area contributed by atoms with Crippen molar-refractivity contribution in [3.8, 4) is 0 Å². The smallest absolute Gasteiger partial charge is 0.284 e. The summed E-state index contributed by atoms with van der Waals surface area (Å²) >= 11 is 2.63. The van der Waals surface area contributed by atoms with Crippen LogP contribution in [0, 0.1) is 0 Å². The van der Waals surface area contributed by atoms with Gasteiger partial charge in [-0.2, -0.15) is 8.42 Å². The Morgan fingerprint density at radius 2 is 1.70 bits per heavy atom. The number of aryl methyl sites for hydroxylation is 1. The Labute approximate surface area is 185 Å². The normalized spacial score (nSPS) is 20.4. The molecule has 156 valence electrons. The molecule has 30 heavy (non-hydrogen) atoms. The van der Waals surface area contributed by atoms with Gasteiger partial charge in [-0.05, 0) is 54.9 Å². The fourth-order valence-corrected chi connectivity index (χ4v) is 6.82. The van der Waals surface area contributed by atoms with Crippen molar-refractivity contribution in [2.75, 3.05) is 18.5 Å². The molecule has 0 aromatic heterocycles. The van der Waals surface area contributed by atoms with Gasteiger partial charge in [0.2, 0.25) is 0 Å². The monoisotopic (exact) mass is 459 g/mol. The van der Waals surface area contributed by atoms with Crippen LogP contribution in [0.15, 0.2) is 72.7 Å². The van der Waals surface area contributed by atoms with E-state index in [9.17, 15) is 13.2 Å². The van der Waals surface area contributed by atoms with E-state index in [2.05, 4.69) is 4.40 Å². The van der Waals surface area contributed by atoms with Gasteiger partial charge in [-0.3, -0.25) is 9.69 Å². The minimum atomic E-state index is -3.92. The quantitative estimate of drug-likeness (QED) is 0.635. The van der Waals surface area contributed by atoms with Crippen LogP contribution >= 0.6 is 23.5 Å². The molecular formula is C21H21N3O3S3. The molecule has 2 aliphatic rings. The van der Waals surface area contributed by atoms with E-state index in [0.717, 1.165) is 39.4 Å². The Morgan fingerprint density at radius 1 is 1.00 bits per heavy atom. The number of thioether (sulfide) groups is 2. The lowest BCUT2D eigenvalue weighted by Crippen LogP contribution is -2.30. The predicted molar refractivity (Wildman–Crippen MR) is 123 cm³/mol. The van der Waals surface area contributed by atoms with Crippen LogP contribution in [0.4, 0.5) is 5.69 Å². The number of para-hydroxylation sites is 1. The summed E-state index contributed by atoms with van der Waals surface area (Å²) in [4.78, 5) is 18.1. The number of carbonyl (C=O) groups is 1. The zero-order valence-electron chi connectivity index (χ0n) is 16.8. The molecule has 0 aliphatic carbocycles. The molecule has 0 bridgehead atoms. The second-order valence-electron chi connectivity index (χ2n) is 6.76. The van der Waals surface area contributed by atoms with Gasteiger partial charge in [0.1, 0.15) is 4.91 Å². The molecule has 1 saturated heterocycles. The van der Waals surface area contributed by atoms with Gasteiger partial charge in [-0.1, -0.05) is 43.0 Å². The number of carbonyl (C=O) groups excluding carboxylic acids is 1. The molecule has 0 spiro atoms. The van der Waals surface area contributed by atoms with Crippen molar-refractivity contribution in [2.24, 2.45) is 4.40 Å². The number of hydrogen-bond donors (Lipinski definition) is 0. The van der Waals surface area contributed by atoms with Crippen LogP contribution < -0.4 is 4.90 Å². The van der Waals surface area contributed by atoms with Crippen molar-refractivity contribution in [3.05, 3.63) is 64.0 Å². The molecule has 0 unspecified atom stereocenters. The van der Waals surface area contributed by atoms with E-state index < -0.39 is 10.0 Å². The van der Waals surface area contributed by atoms with Crippen molar-refractivity contribution in [2.45, 2.75) is 30.1 Å². The average Bonchev–Trinajstić information content (AvgIpc) is 3.24. The highest BCUT2D eigenvalue weighted by molar-refractivity contribution is 8.19. The molecule has 2 heterocycles. The topological polar surface area (TPSA) is 70.0 Å². The van der Waals surface area contributed by atoms with Crippen LogP contribution in [-0.2, 0) is 21.2 Å². The van der Waals surface area contributed by atoms with E-state index >= 15 is 0 Å². The largest absolute Gasteiger partial charge is 0.337 e. The van der Waals surface area contributed by atoms with Gasteiger partial charge >= 0.3 is 0 Å². The second kappa shape index (κ2) is 8.13. The summed E-state index contributed by atoms with van der Waals surface area (Å²) in [6.07, 6.45) is 0.827. The standard InChI is InChI=1S/C21H21N3O3S3/c1-4-14-10-12-15(13-11-14)30(26,27)22-21-24(5-2)19(25)18(29-21)20-23(3)16-8-6-7-9-17(16)28-20/h6-13H,4-5H2,1-3H3/b20-18+,22-21?. The highest BCUT2D eigenvalue weighted by atomic mass is 32.2. The number of amidine groups is 1.